The molecule has 0 unspecified atom stereocenters. The van der Waals surface area contributed by atoms with Crippen molar-refractivity contribution in [2.45, 2.75) is 27.2 Å². The third-order valence-corrected chi connectivity index (χ3v) is 1.96. The molecule has 0 fully saturated rings. The zero-order chi connectivity index (χ0) is 11.6. The van der Waals surface area contributed by atoms with E-state index in [1.807, 2.05) is 13.8 Å². The van der Waals surface area contributed by atoms with Crippen molar-refractivity contribution in [2.75, 3.05) is 0 Å². The van der Waals surface area contributed by atoms with Crippen LogP contribution in [0.4, 0.5) is 0 Å². The first kappa shape index (κ1) is 11.4. The standard InChI is InChI=1S/C10H14N2O3/c1-5(2)4-7-11-6(3)8(10(14)15)9(13)12-7/h5H,4H2,1-3H3,(H,14,15)(H,11,12,13). The minimum absolute atomic E-state index is 0.266. The fourth-order valence-electron chi connectivity index (χ4n) is 1.38. The first-order chi connectivity index (χ1) is 6.91. The molecule has 1 aromatic rings. The molecule has 0 bridgehead atoms. The Morgan fingerprint density at radius 3 is 2.53 bits per heavy atom. The van der Waals surface area contributed by atoms with Crippen molar-refractivity contribution in [3.05, 3.63) is 27.4 Å². The fourth-order valence-corrected chi connectivity index (χ4v) is 1.38. The number of aromatic nitrogens is 2. The van der Waals surface area contributed by atoms with E-state index >= 15 is 0 Å². The highest BCUT2D eigenvalue weighted by molar-refractivity contribution is 5.88. The van der Waals surface area contributed by atoms with Crippen LogP contribution in [-0.2, 0) is 6.42 Å². The quantitative estimate of drug-likeness (QED) is 0.778. The molecule has 0 saturated heterocycles. The summed E-state index contributed by atoms with van der Waals surface area (Å²) in [7, 11) is 0. The predicted molar refractivity (Wildman–Crippen MR) is 55.1 cm³/mol. The summed E-state index contributed by atoms with van der Waals surface area (Å²) < 4.78 is 0. The molecule has 0 radical (unpaired) electrons. The number of hydrogen-bond acceptors (Lipinski definition) is 3. The van der Waals surface area contributed by atoms with Gasteiger partial charge in [0, 0.05) is 6.42 Å². The third-order valence-electron chi connectivity index (χ3n) is 1.96. The second kappa shape index (κ2) is 4.25. The third kappa shape index (κ3) is 2.65. The molecule has 0 aliphatic rings. The highest BCUT2D eigenvalue weighted by atomic mass is 16.4. The van der Waals surface area contributed by atoms with Gasteiger partial charge >= 0.3 is 5.97 Å². The lowest BCUT2D eigenvalue weighted by Gasteiger charge is -2.06. The molecule has 15 heavy (non-hydrogen) atoms. The van der Waals surface area contributed by atoms with Crippen molar-refractivity contribution in [3.8, 4) is 0 Å². The van der Waals surface area contributed by atoms with Gasteiger partial charge in [0.15, 0.2) is 0 Å². The molecule has 82 valence electrons. The van der Waals surface area contributed by atoms with Crippen molar-refractivity contribution in [3.63, 3.8) is 0 Å². The number of aromatic amines is 1. The summed E-state index contributed by atoms with van der Waals surface area (Å²) >= 11 is 0. The van der Waals surface area contributed by atoms with Gasteiger partial charge in [-0.2, -0.15) is 0 Å². The molecule has 0 aliphatic carbocycles. The number of aryl methyl sites for hydroxylation is 1. The molecule has 2 N–H and O–H groups in total. The molecule has 5 nitrogen and oxygen atoms in total. The van der Waals surface area contributed by atoms with Crippen LogP contribution in [0.2, 0.25) is 0 Å². The van der Waals surface area contributed by atoms with Gasteiger partial charge in [-0.25, -0.2) is 9.78 Å². The van der Waals surface area contributed by atoms with E-state index in [-0.39, 0.29) is 11.3 Å². The fraction of sp³-hybridized carbons (Fsp3) is 0.500. The van der Waals surface area contributed by atoms with Crippen LogP contribution in [-0.4, -0.2) is 21.0 Å². The average molecular weight is 210 g/mol. The van der Waals surface area contributed by atoms with E-state index in [1.165, 1.54) is 6.92 Å². The first-order valence-electron chi connectivity index (χ1n) is 4.75. The van der Waals surface area contributed by atoms with E-state index in [1.54, 1.807) is 0 Å². The van der Waals surface area contributed by atoms with Crippen molar-refractivity contribution >= 4 is 5.97 Å². The van der Waals surface area contributed by atoms with Crippen molar-refractivity contribution in [1.29, 1.82) is 0 Å². The van der Waals surface area contributed by atoms with Gasteiger partial charge in [0.05, 0.1) is 5.69 Å². The van der Waals surface area contributed by atoms with Gasteiger partial charge in [0.25, 0.3) is 5.56 Å². The molecule has 0 atom stereocenters. The highest BCUT2D eigenvalue weighted by Gasteiger charge is 2.14. The molecule has 1 heterocycles. The van der Waals surface area contributed by atoms with Crippen LogP contribution in [0.25, 0.3) is 0 Å². The summed E-state index contributed by atoms with van der Waals surface area (Å²) in [5, 5.41) is 8.76. The van der Waals surface area contributed by atoms with Gasteiger partial charge in [-0.15, -0.1) is 0 Å². The highest BCUT2D eigenvalue weighted by Crippen LogP contribution is 2.04. The summed E-state index contributed by atoms with van der Waals surface area (Å²) in [6.45, 7) is 5.53. The second-order valence-corrected chi connectivity index (χ2v) is 3.88. The number of carboxylic acids is 1. The van der Waals surface area contributed by atoms with Gasteiger partial charge in [-0.05, 0) is 12.8 Å². The summed E-state index contributed by atoms with van der Waals surface area (Å²) in [4.78, 5) is 28.7. The average Bonchev–Trinajstić information content (AvgIpc) is 1.99. The molecular weight excluding hydrogens is 196 g/mol. The van der Waals surface area contributed by atoms with Crippen LogP contribution in [0.5, 0.6) is 0 Å². The number of aromatic carboxylic acids is 1. The second-order valence-electron chi connectivity index (χ2n) is 3.88. The number of carboxylic acid groups (broad SMARTS) is 1. The summed E-state index contributed by atoms with van der Waals surface area (Å²) in [5.74, 6) is -0.335. The van der Waals surface area contributed by atoms with E-state index in [9.17, 15) is 9.59 Å². The summed E-state index contributed by atoms with van der Waals surface area (Å²) in [6, 6.07) is 0. The number of nitrogens with one attached hydrogen (secondary N) is 1. The number of hydrogen-bond donors (Lipinski definition) is 2. The minimum Gasteiger partial charge on any atom is -0.477 e. The number of nitrogens with zero attached hydrogens (tertiary/aromatic N) is 1. The van der Waals surface area contributed by atoms with Crippen molar-refractivity contribution in [2.24, 2.45) is 5.92 Å². The van der Waals surface area contributed by atoms with Crippen LogP contribution in [0.15, 0.2) is 4.79 Å². The van der Waals surface area contributed by atoms with E-state index in [0.717, 1.165) is 0 Å². The SMILES string of the molecule is Cc1nc(CC(C)C)[nH]c(=O)c1C(=O)O. The largest absolute Gasteiger partial charge is 0.477 e. The number of rotatable bonds is 3. The topological polar surface area (TPSA) is 83.0 Å². The smallest absolute Gasteiger partial charge is 0.343 e. The Labute approximate surface area is 87.2 Å². The number of carbonyl (C=O) groups is 1. The summed E-state index contributed by atoms with van der Waals surface area (Å²) in [6.07, 6.45) is 0.635. The molecule has 0 aromatic carbocycles. The zero-order valence-electron chi connectivity index (χ0n) is 9.00. The normalized spacial score (nSPS) is 10.7. The molecule has 5 heteroatoms. The van der Waals surface area contributed by atoms with Crippen LogP contribution in [0.1, 0.15) is 35.7 Å². The molecule has 0 amide bonds. The van der Waals surface area contributed by atoms with Gasteiger partial charge < -0.3 is 10.1 Å². The van der Waals surface area contributed by atoms with Crippen LogP contribution >= 0.6 is 0 Å². The maximum absolute atomic E-state index is 11.4. The summed E-state index contributed by atoms with van der Waals surface area (Å²) in [5.41, 5.74) is -0.588. The lowest BCUT2D eigenvalue weighted by Crippen LogP contribution is -2.23. The Morgan fingerprint density at radius 1 is 1.53 bits per heavy atom. The monoisotopic (exact) mass is 210 g/mol. The van der Waals surface area contributed by atoms with E-state index in [2.05, 4.69) is 9.97 Å². The molecule has 1 aromatic heterocycles. The maximum Gasteiger partial charge on any atom is 0.343 e. The van der Waals surface area contributed by atoms with Gasteiger partial charge in [0.2, 0.25) is 0 Å². The maximum atomic E-state index is 11.4. The van der Waals surface area contributed by atoms with E-state index in [4.69, 9.17) is 5.11 Å². The number of H-pyrrole nitrogens is 1. The minimum atomic E-state index is -1.24. The zero-order valence-corrected chi connectivity index (χ0v) is 9.00. The predicted octanol–water partition coefficient (Wildman–Crippen LogP) is 0.975. The van der Waals surface area contributed by atoms with Crippen molar-refractivity contribution in [1.82, 2.24) is 9.97 Å². The lowest BCUT2D eigenvalue weighted by molar-refractivity contribution is 0.0693. The molecule has 0 spiro atoms. The van der Waals surface area contributed by atoms with Gasteiger partial charge in [0.1, 0.15) is 11.4 Å². The molecule has 0 saturated carbocycles. The van der Waals surface area contributed by atoms with Gasteiger partial charge in [-0.1, -0.05) is 13.8 Å². The van der Waals surface area contributed by atoms with Crippen molar-refractivity contribution < 1.29 is 9.90 Å². The Bertz CT molecular complexity index is 435. The van der Waals surface area contributed by atoms with Crippen LogP contribution in [0, 0.1) is 12.8 Å². The molecular formula is C10H14N2O3. The lowest BCUT2D eigenvalue weighted by atomic mass is 10.1. The molecule has 1 rings (SSSR count). The Balaban J connectivity index is 3.20. The Hall–Kier alpha value is -1.65. The van der Waals surface area contributed by atoms with Crippen LogP contribution < -0.4 is 5.56 Å². The van der Waals surface area contributed by atoms with E-state index in [0.29, 0.717) is 18.2 Å². The van der Waals surface area contributed by atoms with E-state index < -0.39 is 11.5 Å². The first-order valence-corrected chi connectivity index (χ1v) is 4.75. The van der Waals surface area contributed by atoms with Gasteiger partial charge in [-0.3, -0.25) is 4.79 Å². The molecule has 0 aliphatic heterocycles. The Kier molecular flexibility index (Phi) is 3.24. The Morgan fingerprint density at radius 2 is 2.13 bits per heavy atom. The van der Waals surface area contributed by atoms with Crippen LogP contribution in [0.3, 0.4) is 0 Å².